The van der Waals surface area contributed by atoms with Crippen LogP contribution in [0, 0.1) is 0 Å². The van der Waals surface area contributed by atoms with Gasteiger partial charge in [-0.05, 0) is 6.72 Å². The average molecular weight is 156 g/mol. The Balaban J connectivity index is 2.88. The highest BCUT2D eigenvalue weighted by Gasteiger charge is 1.96. The molecule has 2 aromatic rings. The van der Waals surface area contributed by atoms with Crippen LogP contribution in [0.25, 0.3) is 10.8 Å². The molecule has 0 amide bonds. The van der Waals surface area contributed by atoms with Gasteiger partial charge in [0.1, 0.15) is 0 Å². The van der Waals surface area contributed by atoms with Crippen LogP contribution in [0.3, 0.4) is 0 Å². The predicted molar refractivity (Wildman–Crippen MR) is 51.0 cm³/mol. The summed E-state index contributed by atoms with van der Waals surface area (Å²) in [6, 6.07) is 7.99. The molecule has 2 rings (SSSR count). The summed E-state index contributed by atoms with van der Waals surface area (Å²) in [4.78, 5) is 7.94. The van der Waals surface area contributed by atoms with Gasteiger partial charge in [-0.25, -0.2) is 0 Å². The molecule has 0 fully saturated rings. The molecule has 0 saturated heterocycles. The summed E-state index contributed by atoms with van der Waals surface area (Å²) in [5.41, 5.74) is 0.841. The van der Waals surface area contributed by atoms with Gasteiger partial charge < -0.3 is 0 Å². The second-order valence-electron chi connectivity index (χ2n) is 2.54. The lowest BCUT2D eigenvalue weighted by molar-refractivity contribution is 1.34. The normalized spacial score (nSPS) is 10.0. The predicted octanol–water partition coefficient (Wildman–Crippen LogP) is 2.57. The van der Waals surface area contributed by atoms with Gasteiger partial charge >= 0.3 is 0 Å². The Hall–Kier alpha value is -1.70. The Labute approximate surface area is 70.6 Å². The zero-order valence-corrected chi connectivity index (χ0v) is 6.57. The number of hydrogen-bond donors (Lipinski definition) is 0. The summed E-state index contributed by atoms with van der Waals surface area (Å²) in [5, 5.41) is 2.20. The topological polar surface area (TPSA) is 25.2 Å². The maximum absolute atomic E-state index is 4.05. The van der Waals surface area contributed by atoms with Crippen molar-refractivity contribution in [1.29, 1.82) is 0 Å². The van der Waals surface area contributed by atoms with Crippen molar-refractivity contribution in [2.45, 2.75) is 0 Å². The van der Waals surface area contributed by atoms with Gasteiger partial charge in [-0.3, -0.25) is 9.98 Å². The van der Waals surface area contributed by atoms with Crippen molar-refractivity contribution < 1.29 is 0 Å². The summed E-state index contributed by atoms with van der Waals surface area (Å²) >= 11 is 0. The lowest BCUT2D eigenvalue weighted by Crippen LogP contribution is -1.75. The molecule has 2 heteroatoms. The Morgan fingerprint density at radius 2 is 2.00 bits per heavy atom. The minimum absolute atomic E-state index is 0.841. The van der Waals surface area contributed by atoms with Gasteiger partial charge in [-0.2, -0.15) is 0 Å². The highest BCUT2D eigenvalue weighted by molar-refractivity contribution is 5.91. The molecule has 1 aromatic heterocycles. The molecule has 0 atom stereocenters. The lowest BCUT2D eigenvalue weighted by Gasteiger charge is -1.98. The molecule has 12 heavy (non-hydrogen) atoms. The Morgan fingerprint density at radius 3 is 2.83 bits per heavy atom. The quantitative estimate of drug-likeness (QED) is 0.582. The smallest absolute Gasteiger partial charge is 0.0883 e. The van der Waals surface area contributed by atoms with E-state index in [1.807, 2.05) is 30.5 Å². The van der Waals surface area contributed by atoms with E-state index in [4.69, 9.17) is 0 Å². The number of benzene rings is 1. The minimum Gasteiger partial charge on any atom is -0.262 e. The first kappa shape index (κ1) is 6.98. The molecule has 0 aliphatic heterocycles. The molecule has 1 aromatic carbocycles. The van der Waals surface area contributed by atoms with E-state index in [9.17, 15) is 0 Å². The molecule has 0 saturated carbocycles. The standard InChI is InChI=1S/C10H8N2/c1-11-10-7-12-6-8-4-2-3-5-9(8)10/h2-7H,1H2. The number of hydrogen-bond acceptors (Lipinski definition) is 2. The van der Waals surface area contributed by atoms with Crippen LogP contribution in [-0.2, 0) is 0 Å². The number of aromatic nitrogens is 1. The fourth-order valence-electron chi connectivity index (χ4n) is 1.23. The van der Waals surface area contributed by atoms with E-state index in [-0.39, 0.29) is 0 Å². The summed E-state index contributed by atoms with van der Waals surface area (Å²) in [6.45, 7) is 3.49. The number of aliphatic imine (C=N–C) groups is 1. The Kier molecular flexibility index (Phi) is 1.59. The number of fused-ring (bicyclic) bond motifs is 1. The first-order valence-corrected chi connectivity index (χ1v) is 3.71. The molecule has 2 nitrogen and oxygen atoms in total. The molecule has 0 N–H and O–H groups in total. The van der Waals surface area contributed by atoms with Gasteiger partial charge in [0.25, 0.3) is 0 Å². The van der Waals surface area contributed by atoms with Gasteiger partial charge in [0.15, 0.2) is 0 Å². The maximum atomic E-state index is 4.05. The van der Waals surface area contributed by atoms with Gasteiger partial charge in [0, 0.05) is 17.0 Å². The van der Waals surface area contributed by atoms with E-state index in [0.29, 0.717) is 0 Å². The average Bonchev–Trinajstić information content (AvgIpc) is 2.17. The van der Waals surface area contributed by atoms with Crippen molar-refractivity contribution in [1.82, 2.24) is 4.98 Å². The highest BCUT2D eigenvalue weighted by Crippen LogP contribution is 2.22. The Bertz CT molecular complexity index is 416. The monoisotopic (exact) mass is 156 g/mol. The number of pyridine rings is 1. The fraction of sp³-hybridized carbons (Fsp3) is 0. The van der Waals surface area contributed by atoms with Gasteiger partial charge in [-0.1, -0.05) is 24.3 Å². The van der Waals surface area contributed by atoms with E-state index >= 15 is 0 Å². The maximum Gasteiger partial charge on any atom is 0.0883 e. The third-order valence-corrected chi connectivity index (χ3v) is 1.82. The van der Waals surface area contributed by atoms with Crippen LogP contribution in [0.4, 0.5) is 5.69 Å². The molecular formula is C10H8N2. The van der Waals surface area contributed by atoms with E-state index in [2.05, 4.69) is 16.7 Å². The highest BCUT2D eigenvalue weighted by atomic mass is 14.7. The SMILES string of the molecule is C=Nc1cncc2ccccc12. The second-order valence-corrected chi connectivity index (χ2v) is 2.54. The van der Waals surface area contributed by atoms with Crippen molar-refractivity contribution in [3.05, 3.63) is 36.7 Å². The first-order valence-electron chi connectivity index (χ1n) is 3.71. The number of nitrogens with zero attached hydrogens (tertiary/aromatic N) is 2. The lowest BCUT2D eigenvalue weighted by atomic mass is 10.1. The third-order valence-electron chi connectivity index (χ3n) is 1.82. The third kappa shape index (κ3) is 0.975. The largest absolute Gasteiger partial charge is 0.262 e. The molecule has 0 unspecified atom stereocenters. The molecule has 0 radical (unpaired) electrons. The van der Waals surface area contributed by atoms with Crippen LogP contribution in [0.2, 0.25) is 0 Å². The van der Waals surface area contributed by atoms with Gasteiger partial charge in [-0.15, -0.1) is 0 Å². The van der Waals surface area contributed by atoms with E-state index in [1.54, 1.807) is 6.20 Å². The van der Waals surface area contributed by atoms with Crippen molar-refractivity contribution >= 4 is 23.2 Å². The van der Waals surface area contributed by atoms with Crippen LogP contribution < -0.4 is 0 Å². The van der Waals surface area contributed by atoms with Crippen LogP contribution in [0.5, 0.6) is 0 Å². The Morgan fingerprint density at radius 1 is 1.17 bits per heavy atom. The summed E-state index contributed by atoms with van der Waals surface area (Å²) in [6.07, 6.45) is 3.54. The molecule has 0 spiro atoms. The fourth-order valence-corrected chi connectivity index (χ4v) is 1.23. The van der Waals surface area contributed by atoms with Crippen LogP contribution in [0.1, 0.15) is 0 Å². The molecule has 58 valence electrons. The number of rotatable bonds is 1. The van der Waals surface area contributed by atoms with E-state index < -0.39 is 0 Å². The molecule has 0 aliphatic carbocycles. The van der Waals surface area contributed by atoms with Crippen molar-refractivity contribution in [2.24, 2.45) is 4.99 Å². The molecule has 1 heterocycles. The van der Waals surface area contributed by atoms with Crippen LogP contribution in [-0.4, -0.2) is 11.7 Å². The molecule has 0 aliphatic rings. The zero-order chi connectivity index (χ0) is 8.39. The van der Waals surface area contributed by atoms with Gasteiger partial charge in [0.2, 0.25) is 0 Å². The van der Waals surface area contributed by atoms with E-state index in [1.165, 1.54) is 0 Å². The molecular weight excluding hydrogens is 148 g/mol. The van der Waals surface area contributed by atoms with E-state index in [0.717, 1.165) is 16.5 Å². The van der Waals surface area contributed by atoms with Crippen molar-refractivity contribution in [3.8, 4) is 0 Å². The van der Waals surface area contributed by atoms with Crippen molar-refractivity contribution in [3.63, 3.8) is 0 Å². The second kappa shape index (κ2) is 2.74. The van der Waals surface area contributed by atoms with Crippen molar-refractivity contribution in [2.75, 3.05) is 0 Å². The van der Waals surface area contributed by atoms with Crippen LogP contribution >= 0.6 is 0 Å². The summed E-state index contributed by atoms with van der Waals surface area (Å²) in [5.74, 6) is 0. The minimum atomic E-state index is 0.841. The summed E-state index contributed by atoms with van der Waals surface area (Å²) < 4.78 is 0. The van der Waals surface area contributed by atoms with Gasteiger partial charge in [0.05, 0.1) is 11.9 Å². The summed E-state index contributed by atoms with van der Waals surface area (Å²) in [7, 11) is 0. The zero-order valence-electron chi connectivity index (χ0n) is 6.57. The van der Waals surface area contributed by atoms with Crippen LogP contribution in [0.15, 0.2) is 41.7 Å². The first-order chi connectivity index (χ1) is 5.92. The molecule has 0 bridgehead atoms.